The van der Waals surface area contributed by atoms with Gasteiger partial charge in [-0.05, 0) is 32.0 Å². The summed E-state index contributed by atoms with van der Waals surface area (Å²) in [5.41, 5.74) is -0.0139. The third-order valence-corrected chi connectivity index (χ3v) is 8.03. The first-order valence-electron chi connectivity index (χ1n) is 11.8. The molecule has 0 radical (unpaired) electrons. The van der Waals surface area contributed by atoms with Crippen molar-refractivity contribution in [2.75, 3.05) is 23.5 Å². The summed E-state index contributed by atoms with van der Waals surface area (Å²) in [7, 11) is 1.59. The fourth-order valence-electron chi connectivity index (χ4n) is 5.25. The smallest absolute Gasteiger partial charge is 0.350 e. The van der Waals surface area contributed by atoms with Crippen molar-refractivity contribution in [3.05, 3.63) is 98.4 Å². The number of ether oxygens (including phenoxy) is 1. The second-order valence-electron chi connectivity index (χ2n) is 9.17. The second-order valence-corrected chi connectivity index (χ2v) is 10.1. The number of para-hydroxylation sites is 1. The Balaban J connectivity index is 1.69. The van der Waals surface area contributed by atoms with Gasteiger partial charge in [0, 0.05) is 18.3 Å². The summed E-state index contributed by atoms with van der Waals surface area (Å²) >= 11 is 0.912. The molecule has 1 unspecified atom stereocenters. The van der Waals surface area contributed by atoms with E-state index in [1.165, 1.54) is 15.9 Å². The summed E-state index contributed by atoms with van der Waals surface area (Å²) in [6.45, 7) is 7.01. The zero-order valence-corrected chi connectivity index (χ0v) is 21.5. The fraction of sp³-hybridized carbons (Fsp3) is 0.179. The van der Waals surface area contributed by atoms with Crippen LogP contribution in [0.25, 0.3) is 11.0 Å². The number of carbonyl (C=O) groups is 3. The van der Waals surface area contributed by atoms with Gasteiger partial charge in [-0.1, -0.05) is 53.8 Å². The number of thiazole rings is 1. The molecule has 0 saturated heterocycles. The van der Waals surface area contributed by atoms with E-state index in [9.17, 15) is 19.2 Å². The van der Waals surface area contributed by atoms with Crippen molar-refractivity contribution < 1.29 is 23.5 Å². The number of rotatable bonds is 4. The minimum Gasteiger partial charge on any atom is -0.457 e. The lowest BCUT2D eigenvalue weighted by Gasteiger charge is -2.31. The van der Waals surface area contributed by atoms with Crippen molar-refractivity contribution in [1.29, 1.82) is 0 Å². The summed E-state index contributed by atoms with van der Waals surface area (Å²) in [5.74, 6) is -2.06. The van der Waals surface area contributed by atoms with Gasteiger partial charge in [0.25, 0.3) is 11.8 Å². The molecule has 4 aromatic rings. The number of fused-ring (bicyclic) bond motifs is 5. The normalized spacial score (nSPS) is 17.9. The summed E-state index contributed by atoms with van der Waals surface area (Å²) in [4.78, 5) is 62.4. The first kappa shape index (κ1) is 23.8. The van der Waals surface area contributed by atoms with Crippen molar-refractivity contribution >= 4 is 50.9 Å². The molecular weight excluding hydrogens is 506 g/mol. The van der Waals surface area contributed by atoms with E-state index in [0.29, 0.717) is 16.9 Å². The predicted octanol–water partition coefficient (Wildman–Crippen LogP) is 4.09. The summed E-state index contributed by atoms with van der Waals surface area (Å²) in [6, 6.07) is 12.1. The van der Waals surface area contributed by atoms with Crippen LogP contribution in [0.5, 0.6) is 0 Å². The topological polar surface area (TPSA) is 110 Å². The number of nitrogens with zero attached hydrogens (tertiary/aromatic N) is 3. The van der Waals surface area contributed by atoms with Crippen LogP contribution in [-0.2, 0) is 15.1 Å². The minimum absolute atomic E-state index is 0.00458. The molecule has 1 spiro atoms. The van der Waals surface area contributed by atoms with Crippen LogP contribution < -0.4 is 15.2 Å². The molecule has 4 heterocycles. The SMILES string of the molecule is C=CCOC(=O)c1sc(N2C(=O)c3oc4ccc(C)cc4c(=O)c3C23C(=O)N(C)c2ccccc23)nc1C. The lowest BCUT2D eigenvalue weighted by molar-refractivity contribution is -0.121. The molecule has 0 saturated carbocycles. The van der Waals surface area contributed by atoms with Crippen LogP contribution in [0.2, 0.25) is 0 Å². The molecule has 10 heteroatoms. The van der Waals surface area contributed by atoms with Gasteiger partial charge in [0.1, 0.15) is 17.1 Å². The average Bonchev–Trinajstić information content (AvgIpc) is 3.49. The van der Waals surface area contributed by atoms with Crippen LogP contribution >= 0.6 is 11.3 Å². The predicted molar refractivity (Wildman–Crippen MR) is 142 cm³/mol. The van der Waals surface area contributed by atoms with E-state index in [1.54, 1.807) is 56.4 Å². The standard InChI is InChI=1S/C28H21N3O6S/c1-5-12-36-25(34)23-15(3)29-27(38-23)31-24(33)22-20(21(32)16-13-14(2)10-11-19(16)37-22)28(31)17-8-6-7-9-18(17)30(4)26(28)35/h5-11,13H,1,12H2,2-4H3. The first-order chi connectivity index (χ1) is 18.2. The van der Waals surface area contributed by atoms with E-state index < -0.39 is 28.8 Å². The molecule has 0 fully saturated rings. The van der Waals surface area contributed by atoms with Gasteiger partial charge < -0.3 is 14.1 Å². The molecule has 190 valence electrons. The van der Waals surface area contributed by atoms with Gasteiger partial charge in [0.05, 0.1) is 16.6 Å². The average molecular weight is 528 g/mol. The molecule has 1 atom stereocenters. The molecule has 6 rings (SSSR count). The van der Waals surface area contributed by atoms with Crippen molar-refractivity contribution in [1.82, 2.24) is 4.98 Å². The molecule has 9 nitrogen and oxygen atoms in total. The Bertz CT molecular complexity index is 1790. The molecular formula is C28H21N3O6S. The monoisotopic (exact) mass is 527 g/mol. The van der Waals surface area contributed by atoms with E-state index in [1.807, 2.05) is 6.92 Å². The first-order valence-corrected chi connectivity index (χ1v) is 12.6. The van der Waals surface area contributed by atoms with E-state index in [4.69, 9.17) is 9.15 Å². The number of likely N-dealkylation sites (N-methyl/N-ethyl adjacent to an activating group) is 1. The molecule has 2 aromatic heterocycles. The van der Waals surface area contributed by atoms with Crippen LogP contribution in [0, 0.1) is 13.8 Å². The highest BCUT2D eigenvalue weighted by Gasteiger charge is 2.66. The quantitative estimate of drug-likeness (QED) is 0.290. The lowest BCUT2D eigenvalue weighted by atomic mass is 9.84. The Morgan fingerprint density at radius 1 is 1.18 bits per heavy atom. The zero-order chi connectivity index (χ0) is 26.9. The van der Waals surface area contributed by atoms with Crippen molar-refractivity contribution in [3.8, 4) is 0 Å². The van der Waals surface area contributed by atoms with Gasteiger partial charge in [-0.15, -0.1) is 0 Å². The molecule has 0 N–H and O–H groups in total. The van der Waals surface area contributed by atoms with Crippen molar-refractivity contribution in [2.24, 2.45) is 0 Å². The number of hydrogen-bond donors (Lipinski definition) is 0. The van der Waals surface area contributed by atoms with Crippen LogP contribution in [0.4, 0.5) is 10.8 Å². The second kappa shape index (κ2) is 8.22. The molecule has 2 aliphatic rings. The van der Waals surface area contributed by atoms with Gasteiger partial charge in [-0.3, -0.25) is 19.3 Å². The molecule has 0 aliphatic carbocycles. The number of aryl methyl sites for hydroxylation is 2. The zero-order valence-electron chi connectivity index (χ0n) is 20.7. The van der Waals surface area contributed by atoms with Gasteiger partial charge in [0.2, 0.25) is 5.76 Å². The highest BCUT2D eigenvalue weighted by molar-refractivity contribution is 7.17. The Morgan fingerprint density at radius 2 is 1.95 bits per heavy atom. The Hall–Kier alpha value is -4.57. The van der Waals surface area contributed by atoms with Gasteiger partial charge in [-0.25, -0.2) is 9.78 Å². The number of anilines is 2. The number of benzene rings is 2. The minimum atomic E-state index is -1.86. The van der Waals surface area contributed by atoms with E-state index in [2.05, 4.69) is 11.6 Å². The fourth-order valence-corrected chi connectivity index (χ4v) is 6.26. The molecule has 38 heavy (non-hydrogen) atoms. The number of esters is 1. The maximum Gasteiger partial charge on any atom is 0.350 e. The van der Waals surface area contributed by atoms with E-state index in [-0.39, 0.29) is 38.9 Å². The summed E-state index contributed by atoms with van der Waals surface area (Å²) in [6.07, 6.45) is 1.44. The summed E-state index contributed by atoms with van der Waals surface area (Å²) < 4.78 is 11.2. The van der Waals surface area contributed by atoms with Crippen LogP contribution in [0.1, 0.15) is 42.6 Å². The van der Waals surface area contributed by atoms with Gasteiger partial charge in [-0.2, -0.15) is 0 Å². The van der Waals surface area contributed by atoms with E-state index in [0.717, 1.165) is 16.9 Å². The van der Waals surface area contributed by atoms with Crippen molar-refractivity contribution in [2.45, 2.75) is 19.4 Å². The third-order valence-electron chi connectivity index (χ3n) is 6.90. The molecule has 2 aromatic carbocycles. The van der Waals surface area contributed by atoms with Gasteiger partial charge >= 0.3 is 5.97 Å². The maximum atomic E-state index is 14.2. The largest absolute Gasteiger partial charge is 0.457 e. The third kappa shape index (κ3) is 2.94. The lowest BCUT2D eigenvalue weighted by Crippen LogP contribution is -2.53. The number of amides is 2. The van der Waals surface area contributed by atoms with E-state index >= 15 is 0 Å². The molecule has 0 bridgehead atoms. The molecule has 2 aliphatic heterocycles. The number of hydrogen-bond acceptors (Lipinski definition) is 8. The Kier molecular flexibility index (Phi) is 5.15. The van der Waals surface area contributed by atoms with Crippen LogP contribution in [-0.4, -0.2) is 36.4 Å². The maximum absolute atomic E-state index is 14.2. The molecule has 2 amide bonds. The van der Waals surface area contributed by atoms with Crippen molar-refractivity contribution in [3.63, 3.8) is 0 Å². The van der Waals surface area contributed by atoms with Gasteiger partial charge in [0.15, 0.2) is 16.1 Å². The summed E-state index contributed by atoms with van der Waals surface area (Å²) in [5, 5.41) is 0.337. The Labute approximate surface area is 220 Å². The highest BCUT2D eigenvalue weighted by Crippen LogP contribution is 2.54. The Morgan fingerprint density at radius 3 is 2.71 bits per heavy atom. The number of carbonyl (C=O) groups excluding carboxylic acids is 3. The van der Waals surface area contributed by atoms with Crippen LogP contribution in [0.15, 0.2) is 64.3 Å². The van der Waals surface area contributed by atoms with Crippen LogP contribution in [0.3, 0.4) is 0 Å². The highest BCUT2D eigenvalue weighted by atomic mass is 32.1. The number of aromatic nitrogens is 1.